The third-order valence-corrected chi connectivity index (χ3v) is 3.92. The van der Waals surface area contributed by atoms with E-state index in [-0.39, 0.29) is 5.75 Å². The first-order valence-electron chi connectivity index (χ1n) is 6.47. The zero-order valence-electron chi connectivity index (χ0n) is 11.8. The van der Waals surface area contributed by atoms with E-state index in [1.807, 2.05) is 31.3 Å². The number of ether oxygens (including phenoxy) is 1. The van der Waals surface area contributed by atoms with Crippen molar-refractivity contribution in [2.45, 2.75) is 25.8 Å². The molecule has 1 rings (SSSR count). The number of benzene rings is 1. The molecule has 0 saturated heterocycles. The number of hydrogen-bond donors (Lipinski definition) is 1. The molecule has 0 heterocycles. The van der Waals surface area contributed by atoms with Crippen LogP contribution in [0.5, 0.6) is 5.75 Å². The molecule has 1 atom stereocenters. The Labute approximate surface area is 116 Å². The number of hydrogen-bond acceptors (Lipinski definition) is 4. The molecule has 1 aromatic carbocycles. The lowest BCUT2D eigenvalue weighted by molar-refractivity contribution is 0.317. The fourth-order valence-corrected chi connectivity index (χ4v) is 2.33. The minimum atomic E-state index is -2.89. The van der Waals surface area contributed by atoms with E-state index in [0.717, 1.165) is 12.2 Å². The van der Waals surface area contributed by atoms with E-state index in [9.17, 15) is 8.42 Å². The monoisotopic (exact) mass is 285 g/mol. The molecule has 0 aromatic heterocycles. The molecule has 0 aliphatic carbocycles. The van der Waals surface area contributed by atoms with Crippen LogP contribution < -0.4 is 10.1 Å². The second-order valence-electron chi connectivity index (χ2n) is 4.87. The highest BCUT2D eigenvalue weighted by Crippen LogP contribution is 2.13. The molecule has 0 amide bonds. The van der Waals surface area contributed by atoms with Crippen LogP contribution in [0.1, 0.15) is 18.9 Å². The topological polar surface area (TPSA) is 55.4 Å². The lowest BCUT2D eigenvalue weighted by Gasteiger charge is -2.11. The van der Waals surface area contributed by atoms with Crippen LogP contribution in [0.2, 0.25) is 0 Å². The summed E-state index contributed by atoms with van der Waals surface area (Å²) in [5.74, 6) is 0.958. The Hall–Kier alpha value is -1.07. The normalized spacial score (nSPS) is 13.2. The van der Waals surface area contributed by atoms with Crippen LogP contribution in [0.3, 0.4) is 0 Å². The molecule has 1 unspecified atom stereocenters. The van der Waals surface area contributed by atoms with Crippen molar-refractivity contribution in [2.24, 2.45) is 0 Å². The third kappa shape index (κ3) is 7.18. The molecule has 4 nitrogen and oxygen atoms in total. The van der Waals surface area contributed by atoms with Gasteiger partial charge in [0, 0.05) is 12.3 Å². The van der Waals surface area contributed by atoms with Crippen molar-refractivity contribution >= 4 is 9.84 Å². The van der Waals surface area contributed by atoms with Gasteiger partial charge < -0.3 is 10.1 Å². The molecule has 0 spiro atoms. The average molecular weight is 285 g/mol. The molecule has 0 radical (unpaired) electrons. The standard InChI is InChI=1S/C14H23NO3S/c1-12(15-2)11-13-5-7-14(8-6-13)18-9-4-10-19(3,16)17/h5-8,12,15H,4,9-11H2,1-3H3. The van der Waals surface area contributed by atoms with Crippen LogP contribution in [0.4, 0.5) is 0 Å². The van der Waals surface area contributed by atoms with Crippen molar-refractivity contribution in [3.05, 3.63) is 29.8 Å². The SMILES string of the molecule is CNC(C)Cc1ccc(OCCCS(C)(=O)=O)cc1. The van der Waals surface area contributed by atoms with Crippen molar-refractivity contribution in [2.75, 3.05) is 25.7 Å². The molecule has 0 bridgehead atoms. The van der Waals surface area contributed by atoms with Crippen molar-refractivity contribution in [1.29, 1.82) is 0 Å². The van der Waals surface area contributed by atoms with Crippen LogP contribution in [-0.4, -0.2) is 40.1 Å². The lowest BCUT2D eigenvalue weighted by Crippen LogP contribution is -2.23. The molecular formula is C14H23NO3S. The van der Waals surface area contributed by atoms with E-state index in [0.29, 0.717) is 19.1 Å². The minimum Gasteiger partial charge on any atom is -0.494 e. The van der Waals surface area contributed by atoms with Crippen LogP contribution >= 0.6 is 0 Å². The Kier molecular flexibility index (Phi) is 6.31. The van der Waals surface area contributed by atoms with Gasteiger partial charge in [0.2, 0.25) is 0 Å². The summed E-state index contributed by atoms with van der Waals surface area (Å²) in [6.45, 7) is 2.56. The van der Waals surface area contributed by atoms with Crippen LogP contribution in [-0.2, 0) is 16.3 Å². The third-order valence-electron chi connectivity index (χ3n) is 2.89. The molecule has 0 aliphatic heterocycles. The summed E-state index contributed by atoms with van der Waals surface area (Å²) < 4.78 is 27.4. The average Bonchev–Trinajstić information content (AvgIpc) is 2.35. The summed E-state index contributed by atoms with van der Waals surface area (Å²) in [4.78, 5) is 0. The van der Waals surface area contributed by atoms with Gasteiger partial charge in [0.05, 0.1) is 12.4 Å². The molecule has 1 aromatic rings. The highest BCUT2D eigenvalue weighted by molar-refractivity contribution is 7.90. The van der Waals surface area contributed by atoms with E-state index in [4.69, 9.17) is 4.74 Å². The van der Waals surface area contributed by atoms with E-state index >= 15 is 0 Å². The van der Waals surface area contributed by atoms with Crippen molar-refractivity contribution < 1.29 is 13.2 Å². The Bertz CT molecular complexity index is 468. The summed E-state index contributed by atoms with van der Waals surface area (Å²) in [5, 5.41) is 3.20. The van der Waals surface area contributed by atoms with Gasteiger partial charge in [-0.3, -0.25) is 0 Å². The van der Waals surface area contributed by atoms with Gasteiger partial charge >= 0.3 is 0 Å². The highest BCUT2D eigenvalue weighted by Gasteiger charge is 2.03. The zero-order chi connectivity index (χ0) is 14.3. The fourth-order valence-electron chi connectivity index (χ4n) is 1.69. The first kappa shape index (κ1) is 16.0. The van der Waals surface area contributed by atoms with Gasteiger partial charge in [-0.25, -0.2) is 8.42 Å². The Balaban J connectivity index is 2.36. The van der Waals surface area contributed by atoms with E-state index in [1.54, 1.807) is 0 Å². The molecule has 1 N–H and O–H groups in total. The lowest BCUT2D eigenvalue weighted by atomic mass is 10.1. The summed E-state index contributed by atoms with van der Waals surface area (Å²) >= 11 is 0. The molecule has 19 heavy (non-hydrogen) atoms. The van der Waals surface area contributed by atoms with E-state index < -0.39 is 9.84 Å². The quantitative estimate of drug-likeness (QED) is 0.738. The first-order valence-corrected chi connectivity index (χ1v) is 8.53. The summed E-state index contributed by atoms with van der Waals surface area (Å²) in [7, 11) is -0.940. The van der Waals surface area contributed by atoms with Gasteiger partial charge in [-0.05, 0) is 44.5 Å². The molecular weight excluding hydrogens is 262 g/mol. The highest BCUT2D eigenvalue weighted by atomic mass is 32.2. The predicted octanol–water partition coefficient (Wildman–Crippen LogP) is 1.65. The van der Waals surface area contributed by atoms with Crippen LogP contribution in [0, 0.1) is 0 Å². The maximum Gasteiger partial charge on any atom is 0.147 e. The molecule has 0 aliphatic rings. The number of nitrogens with one attached hydrogen (secondary N) is 1. The smallest absolute Gasteiger partial charge is 0.147 e. The van der Waals surface area contributed by atoms with Gasteiger partial charge in [0.25, 0.3) is 0 Å². The maximum absolute atomic E-state index is 11.0. The van der Waals surface area contributed by atoms with Gasteiger partial charge in [0.1, 0.15) is 15.6 Å². The second-order valence-corrected chi connectivity index (χ2v) is 7.13. The zero-order valence-corrected chi connectivity index (χ0v) is 12.7. The van der Waals surface area contributed by atoms with Gasteiger partial charge in [0.15, 0.2) is 0 Å². The Morgan fingerprint density at radius 1 is 1.26 bits per heavy atom. The minimum absolute atomic E-state index is 0.171. The van der Waals surface area contributed by atoms with Crippen LogP contribution in [0.15, 0.2) is 24.3 Å². The van der Waals surface area contributed by atoms with Gasteiger partial charge in [-0.1, -0.05) is 12.1 Å². The fraction of sp³-hybridized carbons (Fsp3) is 0.571. The first-order chi connectivity index (χ1) is 8.90. The van der Waals surface area contributed by atoms with Crippen molar-refractivity contribution in [3.63, 3.8) is 0 Å². The van der Waals surface area contributed by atoms with Gasteiger partial charge in [-0.15, -0.1) is 0 Å². The number of likely N-dealkylation sites (N-methyl/N-ethyl adjacent to an activating group) is 1. The molecule has 108 valence electrons. The summed E-state index contributed by atoms with van der Waals surface area (Å²) in [6.07, 6.45) is 2.74. The van der Waals surface area contributed by atoms with E-state index in [2.05, 4.69) is 12.2 Å². The Morgan fingerprint density at radius 2 is 1.89 bits per heavy atom. The maximum atomic E-state index is 11.0. The summed E-state index contributed by atoms with van der Waals surface area (Å²) in [6, 6.07) is 8.39. The van der Waals surface area contributed by atoms with E-state index in [1.165, 1.54) is 11.8 Å². The molecule has 0 fully saturated rings. The Morgan fingerprint density at radius 3 is 2.42 bits per heavy atom. The number of sulfone groups is 1. The van der Waals surface area contributed by atoms with Crippen molar-refractivity contribution in [1.82, 2.24) is 5.32 Å². The second kappa shape index (κ2) is 7.50. The van der Waals surface area contributed by atoms with Crippen molar-refractivity contribution in [3.8, 4) is 5.75 Å². The van der Waals surface area contributed by atoms with Crippen LogP contribution in [0.25, 0.3) is 0 Å². The number of rotatable bonds is 8. The molecule has 5 heteroatoms. The predicted molar refractivity (Wildman–Crippen MR) is 78.5 cm³/mol. The summed E-state index contributed by atoms with van der Waals surface area (Å²) in [5.41, 5.74) is 1.25. The largest absolute Gasteiger partial charge is 0.494 e. The molecule has 0 saturated carbocycles. The van der Waals surface area contributed by atoms with Gasteiger partial charge in [-0.2, -0.15) is 0 Å².